The first-order valence-corrected chi connectivity index (χ1v) is 12.1. The maximum absolute atomic E-state index is 13.6. The predicted molar refractivity (Wildman–Crippen MR) is 135 cm³/mol. The van der Waals surface area contributed by atoms with E-state index in [-0.39, 0.29) is 23.7 Å². The van der Waals surface area contributed by atoms with Crippen LogP contribution in [0.5, 0.6) is 0 Å². The standard InChI is InChI=1S/C29H30FN3O2/c1-29(2,28(35)32-24-9-6-10-26(24)34)27(19-7-4-3-5-8-19)20-11-16-25-21(17-20)18-31-33(25)23-14-12-22(30)13-15-23/h3-5,7-8,11-18,24,26-27,34H,6,9-10H2,1-2H3,(H,32,35)/t24?,26?,27-/m0/s1. The minimum atomic E-state index is -0.774. The van der Waals surface area contributed by atoms with Crippen LogP contribution in [-0.2, 0) is 4.79 Å². The molecule has 1 aliphatic rings. The Morgan fingerprint density at radius 1 is 1.06 bits per heavy atom. The number of hydrogen-bond donors (Lipinski definition) is 2. The monoisotopic (exact) mass is 471 g/mol. The molecule has 1 aliphatic carbocycles. The molecule has 3 atom stereocenters. The summed E-state index contributed by atoms with van der Waals surface area (Å²) in [6.07, 6.45) is 3.75. The second kappa shape index (κ2) is 9.27. The molecule has 0 saturated heterocycles. The Kier molecular flexibility index (Phi) is 6.15. The maximum Gasteiger partial charge on any atom is 0.226 e. The first-order chi connectivity index (χ1) is 16.8. The first kappa shape index (κ1) is 23.2. The van der Waals surface area contributed by atoms with Crippen LogP contribution in [0.2, 0.25) is 0 Å². The van der Waals surface area contributed by atoms with Gasteiger partial charge in [0.1, 0.15) is 5.82 Å². The second-order valence-electron chi connectivity index (χ2n) is 9.99. The number of aliphatic hydroxyl groups excluding tert-OH is 1. The van der Waals surface area contributed by atoms with Crippen molar-refractivity contribution in [3.8, 4) is 5.69 Å². The number of halogens is 1. The number of aromatic nitrogens is 2. The average Bonchev–Trinajstić information content (AvgIpc) is 3.46. The first-order valence-electron chi connectivity index (χ1n) is 12.1. The summed E-state index contributed by atoms with van der Waals surface area (Å²) in [7, 11) is 0. The van der Waals surface area contributed by atoms with E-state index in [1.54, 1.807) is 23.0 Å². The normalized spacial score (nSPS) is 19.1. The summed E-state index contributed by atoms with van der Waals surface area (Å²) < 4.78 is 15.2. The smallest absolute Gasteiger partial charge is 0.226 e. The van der Waals surface area contributed by atoms with Gasteiger partial charge in [-0.3, -0.25) is 4.79 Å². The number of hydrogen-bond acceptors (Lipinski definition) is 3. The summed E-state index contributed by atoms with van der Waals surface area (Å²) in [4.78, 5) is 13.6. The minimum absolute atomic E-state index is 0.0700. The SMILES string of the molecule is CC(C)(C(=O)NC1CCCC1O)[C@@H](c1ccccc1)c1ccc2c(cnn2-c2ccc(F)cc2)c1. The van der Waals surface area contributed by atoms with E-state index in [1.165, 1.54) is 12.1 Å². The fraction of sp³-hybridized carbons (Fsp3) is 0.310. The molecule has 2 N–H and O–H groups in total. The van der Waals surface area contributed by atoms with Gasteiger partial charge in [0.05, 0.1) is 35.0 Å². The van der Waals surface area contributed by atoms with E-state index in [9.17, 15) is 14.3 Å². The van der Waals surface area contributed by atoms with E-state index in [4.69, 9.17) is 0 Å². The molecule has 0 spiro atoms. The number of rotatable bonds is 6. The van der Waals surface area contributed by atoms with Gasteiger partial charge in [0.15, 0.2) is 0 Å². The van der Waals surface area contributed by atoms with Crippen LogP contribution >= 0.6 is 0 Å². The average molecular weight is 472 g/mol. The zero-order chi connectivity index (χ0) is 24.6. The fourth-order valence-corrected chi connectivity index (χ4v) is 5.28. The Balaban J connectivity index is 1.53. The van der Waals surface area contributed by atoms with Crippen molar-refractivity contribution < 1.29 is 14.3 Å². The van der Waals surface area contributed by atoms with Gasteiger partial charge in [0.2, 0.25) is 5.91 Å². The van der Waals surface area contributed by atoms with E-state index in [0.717, 1.165) is 47.0 Å². The third-order valence-electron chi connectivity index (χ3n) is 7.23. The van der Waals surface area contributed by atoms with Crippen LogP contribution in [0.4, 0.5) is 4.39 Å². The molecule has 0 radical (unpaired) electrons. The van der Waals surface area contributed by atoms with E-state index >= 15 is 0 Å². The van der Waals surface area contributed by atoms with E-state index in [0.29, 0.717) is 0 Å². The van der Waals surface area contributed by atoms with Crippen LogP contribution in [0.3, 0.4) is 0 Å². The van der Waals surface area contributed by atoms with Gasteiger partial charge in [-0.1, -0.05) is 50.2 Å². The summed E-state index contributed by atoms with van der Waals surface area (Å²) in [6.45, 7) is 3.93. The van der Waals surface area contributed by atoms with Crippen molar-refractivity contribution in [3.05, 3.63) is 95.9 Å². The Labute approximate surface area is 204 Å². The summed E-state index contributed by atoms with van der Waals surface area (Å²) in [5.41, 5.74) is 2.97. The molecule has 5 rings (SSSR count). The molecule has 1 aromatic heterocycles. The van der Waals surface area contributed by atoms with E-state index in [2.05, 4.69) is 28.6 Å². The van der Waals surface area contributed by atoms with E-state index in [1.807, 2.05) is 44.2 Å². The zero-order valence-electron chi connectivity index (χ0n) is 20.0. The number of benzene rings is 3. The van der Waals surface area contributed by atoms with Crippen LogP contribution in [0, 0.1) is 11.2 Å². The lowest BCUT2D eigenvalue weighted by Crippen LogP contribution is -2.48. The van der Waals surface area contributed by atoms with Crippen molar-refractivity contribution in [2.45, 2.75) is 51.2 Å². The lowest BCUT2D eigenvalue weighted by atomic mass is 9.70. The van der Waals surface area contributed by atoms with Crippen molar-refractivity contribution in [3.63, 3.8) is 0 Å². The van der Waals surface area contributed by atoms with Gasteiger partial charge < -0.3 is 10.4 Å². The summed E-state index contributed by atoms with van der Waals surface area (Å²) in [5, 5.41) is 18.9. The molecule has 1 fully saturated rings. The molecular weight excluding hydrogens is 441 g/mol. The molecule has 180 valence electrons. The van der Waals surface area contributed by atoms with E-state index < -0.39 is 11.5 Å². The number of nitrogens with one attached hydrogen (secondary N) is 1. The van der Waals surface area contributed by atoms with Crippen molar-refractivity contribution in [2.75, 3.05) is 0 Å². The van der Waals surface area contributed by atoms with Gasteiger partial charge >= 0.3 is 0 Å². The summed E-state index contributed by atoms with van der Waals surface area (Å²) >= 11 is 0. The molecular formula is C29H30FN3O2. The lowest BCUT2D eigenvalue weighted by Gasteiger charge is -2.35. The largest absolute Gasteiger partial charge is 0.391 e. The quantitative estimate of drug-likeness (QED) is 0.398. The summed E-state index contributed by atoms with van der Waals surface area (Å²) in [6, 6.07) is 22.2. The maximum atomic E-state index is 13.6. The summed E-state index contributed by atoms with van der Waals surface area (Å²) in [5.74, 6) is -0.566. The predicted octanol–water partition coefficient (Wildman–Crippen LogP) is 5.35. The Bertz CT molecular complexity index is 1330. The number of amides is 1. The third kappa shape index (κ3) is 4.46. The highest BCUT2D eigenvalue weighted by Gasteiger charge is 2.41. The van der Waals surface area contributed by atoms with Gasteiger partial charge in [0, 0.05) is 11.3 Å². The number of carbonyl (C=O) groups excluding carboxylic acids is 1. The van der Waals surface area contributed by atoms with Crippen LogP contribution in [0.1, 0.15) is 50.2 Å². The highest BCUT2D eigenvalue weighted by molar-refractivity contribution is 5.85. The molecule has 0 aliphatic heterocycles. The molecule has 3 aromatic carbocycles. The Hall–Kier alpha value is -3.51. The van der Waals surface area contributed by atoms with Gasteiger partial charge in [-0.2, -0.15) is 5.10 Å². The molecule has 35 heavy (non-hydrogen) atoms. The Morgan fingerprint density at radius 3 is 2.49 bits per heavy atom. The zero-order valence-corrected chi connectivity index (χ0v) is 20.0. The molecule has 0 bridgehead atoms. The molecule has 1 amide bonds. The third-order valence-corrected chi connectivity index (χ3v) is 7.23. The van der Waals surface area contributed by atoms with Crippen molar-refractivity contribution in [1.82, 2.24) is 15.1 Å². The molecule has 6 heteroatoms. The number of aliphatic hydroxyl groups is 1. The molecule has 4 aromatic rings. The van der Waals surface area contributed by atoms with Crippen molar-refractivity contribution in [2.24, 2.45) is 5.41 Å². The lowest BCUT2D eigenvalue weighted by molar-refractivity contribution is -0.131. The van der Waals surface area contributed by atoms with Crippen molar-refractivity contribution in [1.29, 1.82) is 0 Å². The van der Waals surface area contributed by atoms with Gasteiger partial charge in [-0.05, 0) is 66.8 Å². The molecule has 2 unspecified atom stereocenters. The molecule has 5 nitrogen and oxygen atoms in total. The number of fused-ring (bicyclic) bond motifs is 1. The highest BCUT2D eigenvalue weighted by Crippen LogP contribution is 2.42. The van der Waals surface area contributed by atoms with Crippen LogP contribution in [-0.4, -0.2) is 32.9 Å². The highest BCUT2D eigenvalue weighted by atomic mass is 19.1. The minimum Gasteiger partial charge on any atom is -0.391 e. The number of carbonyl (C=O) groups is 1. The second-order valence-corrected chi connectivity index (χ2v) is 9.99. The number of nitrogens with zero attached hydrogens (tertiary/aromatic N) is 2. The molecule has 1 saturated carbocycles. The van der Waals surface area contributed by atoms with Gasteiger partial charge in [0.25, 0.3) is 0 Å². The van der Waals surface area contributed by atoms with Gasteiger partial charge in [-0.25, -0.2) is 9.07 Å². The Morgan fingerprint density at radius 2 is 1.80 bits per heavy atom. The van der Waals surface area contributed by atoms with Gasteiger partial charge in [-0.15, -0.1) is 0 Å². The fourth-order valence-electron chi connectivity index (χ4n) is 5.28. The van der Waals surface area contributed by atoms with Crippen molar-refractivity contribution >= 4 is 16.8 Å². The van der Waals surface area contributed by atoms with Crippen LogP contribution < -0.4 is 5.32 Å². The van der Waals surface area contributed by atoms with Crippen LogP contribution in [0.15, 0.2) is 79.0 Å². The molecule has 1 heterocycles. The van der Waals surface area contributed by atoms with Crippen LogP contribution in [0.25, 0.3) is 16.6 Å². The topological polar surface area (TPSA) is 67.2 Å².